The number of nitrogens with zero attached hydrogens (tertiary/aromatic N) is 2. The van der Waals surface area contributed by atoms with Crippen LogP contribution in [-0.2, 0) is 0 Å². The Labute approximate surface area is 79.6 Å². The predicted octanol–water partition coefficient (Wildman–Crippen LogP) is 2.22. The first-order valence-corrected chi connectivity index (χ1v) is 4.25. The minimum absolute atomic E-state index is 0.913. The first-order chi connectivity index (χ1) is 6.93. The van der Waals surface area contributed by atoms with Gasteiger partial charge >= 0.3 is 0 Å². The van der Waals surface area contributed by atoms with E-state index in [-0.39, 0.29) is 0 Å². The molecule has 0 aliphatic carbocycles. The number of fused-ring (bicyclic) bond motifs is 1. The number of hydrogen-bond donors (Lipinski definition) is 1. The molecule has 4 heteroatoms. The van der Waals surface area contributed by atoms with Gasteiger partial charge in [0.15, 0.2) is 0 Å². The third-order valence-electron chi connectivity index (χ3n) is 2.13. The third-order valence-corrected chi connectivity index (χ3v) is 2.13. The van der Waals surface area contributed by atoms with Gasteiger partial charge in [-0.15, -0.1) is 0 Å². The Bertz CT molecular complexity index is 521. The van der Waals surface area contributed by atoms with Gasteiger partial charge in [0.25, 0.3) is 0 Å². The molecule has 0 amide bonds. The average molecular weight is 185 g/mol. The zero-order valence-electron chi connectivity index (χ0n) is 7.27. The molecular weight excluding hydrogens is 178 g/mol. The maximum Gasteiger partial charge on any atom is 0.116 e. The van der Waals surface area contributed by atoms with Crippen LogP contribution < -0.4 is 0 Å². The highest BCUT2D eigenvalue weighted by Gasteiger charge is 2.04. The van der Waals surface area contributed by atoms with Crippen LogP contribution in [0.25, 0.3) is 22.3 Å². The second-order valence-electron chi connectivity index (χ2n) is 3.02. The van der Waals surface area contributed by atoms with Gasteiger partial charge in [0.05, 0.1) is 35.5 Å². The van der Waals surface area contributed by atoms with Gasteiger partial charge in [-0.05, 0) is 12.1 Å². The second-order valence-corrected chi connectivity index (χ2v) is 3.02. The Hall–Kier alpha value is -2.10. The van der Waals surface area contributed by atoms with E-state index in [0.29, 0.717) is 0 Å². The molecule has 0 aliphatic rings. The third kappa shape index (κ3) is 1.01. The molecule has 0 saturated heterocycles. The molecule has 0 atom stereocenters. The second kappa shape index (κ2) is 2.70. The van der Waals surface area contributed by atoms with Gasteiger partial charge in [0, 0.05) is 5.56 Å². The number of aromatic nitrogens is 3. The molecule has 14 heavy (non-hydrogen) atoms. The smallest absolute Gasteiger partial charge is 0.116 e. The van der Waals surface area contributed by atoms with Gasteiger partial charge < -0.3 is 9.40 Å². The van der Waals surface area contributed by atoms with Crippen molar-refractivity contribution in [2.45, 2.75) is 0 Å². The van der Waals surface area contributed by atoms with E-state index < -0.39 is 0 Å². The highest BCUT2D eigenvalue weighted by Crippen LogP contribution is 2.22. The van der Waals surface area contributed by atoms with Crippen LogP contribution in [0.15, 0.2) is 41.6 Å². The summed E-state index contributed by atoms with van der Waals surface area (Å²) in [4.78, 5) is 11.3. The van der Waals surface area contributed by atoms with E-state index >= 15 is 0 Å². The molecule has 0 spiro atoms. The number of aromatic amines is 1. The summed E-state index contributed by atoms with van der Waals surface area (Å²) < 4.78 is 5.01. The molecule has 3 rings (SSSR count). The lowest BCUT2D eigenvalue weighted by Gasteiger charge is -1.86. The van der Waals surface area contributed by atoms with Crippen molar-refractivity contribution in [3.63, 3.8) is 0 Å². The van der Waals surface area contributed by atoms with Crippen molar-refractivity contribution in [1.29, 1.82) is 0 Å². The zero-order chi connectivity index (χ0) is 9.38. The van der Waals surface area contributed by atoms with Crippen LogP contribution in [0.1, 0.15) is 0 Å². The first kappa shape index (κ1) is 7.32. The lowest BCUT2D eigenvalue weighted by atomic mass is 10.2. The number of H-pyrrole nitrogens is 1. The van der Waals surface area contributed by atoms with Crippen LogP contribution in [0.4, 0.5) is 0 Å². The largest absolute Gasteiger partial charge is 0.472 e. The standard InChI is InChI=1S/C10H7N3O/c1-2-14-5-7(1)8-3-9-10(13-8)4-11-6-12-9/h1-6,13H. The summed E-state index contributed by atoms with van der Waals surface area (Å²) in [6, 6.07) is 3.88. The summed E-state index contributed by atoms with van der Waals surface area (Å²) >= 11 is 0. The normalized spacial score (nSPS) is 10.9. The van der Waals surface area contributed by atoms with Crippen LogP contribution in [0.2, 0.25) is 0 Å². The zero-order valence-corrected chi connectivity index (χ0v) is 7.27. The summed E-state index contributed by atoms with van der Waals surface area (Å²) in [5, 5.41) is 0. The molecule has 0 radical (unpaired) electrons. The number of rotatable bonds is 1. The molecule has 4 nitrogen and oxygen atoms in total. The Morgan fingerprint density at radius 3 is 3.14 bits per heavy atom. The summed E-state index contributed by atoms with van der Waals surface area (Å²) in [5.41, 5.74) is 3.86. The Morgan fingerprint density at radius 1 is 1.36 bits per heavy atom. The molecular formula is C10H7N3O. The van der Waals surface area contributed by atoms with Crippen LogP contribution in [0.5, 0.6) is 0 Å². The molecule has 0 saturated carbocycles. The van der Waals surface area contributed by atoms with Crippen molar-refractivity contribution in [2.75, 3.05) is 0 Å². The van der Waals surface area contributed by atoms with Crippen molar-refractivity contribution >= 4 is 11.0 Å². The Kier molecular flexibility index (Phi) is 1.41. The summed E-state index contributed by atoms with van der Waals surface area (Å²) in [6.07, 6.45) is 6.63. The number of furan rings is 1. The molecule has 3 aromatic heterocycles. The molecule has 0 unspecified atom stereocenters. The SMILES string of the molecule is c1ncc2[nH]c(-c3ccoc3)cc2n1. The molecule has 0 bridgehead atoms. The monoisotopic (exact) mass is 185 g/mol. The van der Waals surface area contributed by atoms with Gasteiger partial charge in [0.1, 0.15) is 6.33 Å². The van der Waals surface area contributed by atoms with Crippen molar-refractivity contribution < 1.29 is 4.42 Å². The summed E-state index contributed by atoms with van der Waals surface area (Å²) in [6.45, 7) is 0. The van der Waals surface area contributed by atoms with Crippen LogP contribution in [0.3, 0.4) is 0 Å². The topological polar surface area (TPSA) is 54.7 Å². The van der Waals surface area contributed by atoms with E-state index in [0.717, 1.165) is 22.3 Å². The van der Waals surface area contributed by atoms with Gasteiger partial charge in [-0.2, -0.15) is 0 Å². The quantitative estimate of drug-likeness (QED) is 0.632. The van der Waals surface area contributed by atoms with Crippen molar-refractivity contribution in [3.05, 3.63) is 37.2 Å². The van der Waals surface area contributed by atoms with Crippen LogP contribution in [0, 0.1) is 0 Å². The van der Waals surface area contributed by atoms with E-state index in [1.54, 1.807) is 18.7 Å². The van der Waals surface area contributed by atoms with Gasteiger partial charge in [-0.1, -0.05) is 0 Å². The van der Waals surface area contributed by atoms with Gasteiger partial charge in [-0.3, -0.25) is 0 Å². The Balaban J connectivity index is 2.24. The van der Waals surface area contributed by atoms with Crippen molar-refractivity contribution in [1.82, 2.24) is 15.0 Å². The van der Waals surface area contributed by atoms with Crippen LogP contribution >= 0.6 is 0 Å². The fourth-order valence-corrected chi connectivity index (χ4v) is 1.44. The molecule has 3 heterocycles. The lowest BCUT2D eigenvalue weighted by Crippen LogP contribution is -1.75. The molecule has 0 aromatic carbocycles. The van der Waals surface area contributed by atoms with Crippen molar-refractivity contribution in [3.8, 4) is 11.3 Å². The van der Waals surface area contributed by atoms with Crippen LogP contribution in [-0.4, -0.2) is 15.0 Å². The minimum atomic E-state index is 0.913. The highest BCUT2D eigenvalue weighted by molar-refractivity contribution is 5.81. The molecule has 68 valence electrons. The van der Waals surface area contributed by atoms with E-state index in [4.69, 9.17) is 4.42 Å². The lowest BCUT2D eigenvalue weighted by molar-refractivity contribution is 0.568. The average Bonchev–Trinajstić information content (AvgIpc) is 2.86. The van der Waals surface area contributed by atoms with Gasteiger partial charge in [0.2, 0.25) is 0 Å². The van der Waals surface area contributed by atoms with E-state index in [2.05, 4.69) is 15.0 Å². The maximum atomic E-state index is 5.01. The molecule has 0 fully saturated rings. The number of nitrogens with one attached hydrogen (secondary N) is 1. The van der Waals surface area contributed by atoms with E-state index in [1.165, 1.54) is 6.33 Å². The van der Waals surface area contributed by atoms with Gasteiger partial charge in [-0.25, -0.2) is 9.97 Å². The molecule has 1 N–H and O–H groups in total. The minimum Gasteiger partial charge on any atom is -0.472 e. The summed E-state index contributed by atoms with van der Waals surface area (Å²) in [5.74, 6) is 0. The molecule has 3 aromatic rings. The predicted molar refractivity (Wildman–Crippen MR) is 51.6 cm³/mol. The number of hydrogen-bond acceptors (Lipinski definition) is 3. The maximum absolute atomic E-state index is 5.01. The fraction of sp³-hybridized carbons (Fsp3) is 0. The Morgan fingerprint density at radius 2 is 2.36 bits per heavy atom. The van der Waals surface area contributed by atoms with E-state index in [9.17, 15) is 0 Å². The first-order valence-electron chi connectivity index (χ1n) is 4.25. The van der Waals surface area contributed by atoms with E-state index in [1.807, 2.05) is 12.1 Å². The summed E-state index contributed by atoms with van der Waals surface area (Å²) in [7, 11) is 0. The van der Waals surface area contributed by atoms with Crippen molar-refractivity contribution in [2.24, 2.45) is 0 Å². The fourth-order valence-electron chi connectivity index (χ4n) is 1.44. The molecule has 0 aliphatic heterocycles. The highest BCUT2D eigenvalue weighted by atomic mass is 16.3.